The van der Waals surface area contributed by atoms with E-state index in [2.05, 4.69) is 205 Å². The van der Waals surface area contributed by atoms with E-state index in [1.807, 2.05) is 11.3 Å². The van der Waals surface area contributed by atoms with Gasteiger partial charge in [-0.05, 0) is 110 Å². The Hall–Kier alpha value is -7.20. The fraction of sp³-hybridized carbons (Fsp3) is 0. The lowest BCUT2D eigenvalue weighted by Gasteiger charge is -2.27. The van der Waals surface area contributed by atoms with Crippen molar-refractivity contribution in [3.63, 3.8) is 0 Å². The van der Waals surface area contributed by atoms with Gasteiger partial charge >= 0.3 is 0 Å². The van der Waals surface area contributed by atoms with Crippen LogP contribution in [0.5, 0.6) is 0 Å². The van der Waals surface area contributed by atoms with E-state index in [0.717, 1.165) is 44.4 Å². The third-order valence-corrected chi connectivity index (χ3v) is 12.8. The van der Waals surface area contributed by atoms with Gasteiger partial charge in [0, 0.05) is 42.3 Å². The predicted octanol–water partition coefficient (Wildman–Crippen LogP) is 16.2. The molecule has 2 nitrogen and oxygen atoms in total. The Labute approximate surface area is 333 Å². The second-order valence-electron chi connectivity index (χ2n) is 14.8. The summed E-state index contributed by atoms with van der Waals surface area (Å²) in [7, 11) is 0. The first-order valence-corrected chi connectivity index (χ1v) is 20.2. The molecule has 3 heteroatoms. The molecular weight excluding hydrogens is 711 g/mol. The second kappa shape index (κ2) is 12.7. The van der Waals surface area contributed by atoms with Crippen LogP contribution in [-0.4, -0.2) is 0 Å². The van der Waals surface area contributed by atoms with Crippen molar-refractivity contribution in [2.24, 2.45) is 0 Å². The molecule has 2 heterocycles. The summed E-state index contributed by atoms with van der Waals surface area (Å²) in [6.45, 7) is 0. The Morgan fingerprint density at radius 3 is 1.91 bits per heavy atom. The maximum atomic E-state index is 6.71. The van der Waals surface area contributed by atoms with Crippen molar-refractivity contribution in [3.8, 4) is 22.3 Å². The Morgan fingerprint density at radius 1 is 0.368 bits per heavy atom. The third kappa shape index (κ3) is 5.10. The third-order valence-electron chi connectivity index (χ3n) is 11.6. The van der Waals surface area contributed by atoms with Gasteiger partial charge in [0.15, 0.2) is 0 Å². The number of benzene rings is 10. The fourth-order valence-electron chi connectivity index (χ4n) is 8.96. The predicted molar refractivity (Wildman–Crippen MR) is 245 cm³/mol. The highest BCUT2D eigenvalue weighted by molar-refractivity contribution is 7.25. The largest absolute Gasteiger partial charge is 0.455 e. The fourth-order valence-corrected chi connectivity index (χ4v) is 10.1. The van der Waals surface area contributed by atoms with Crippen LogP contribution in [0.3, 0.4) is 0 Å². The zero-order chi connectivity index (χ0) is 37.5. The summed E-state index contributed by atoms with van der Waals surface area (Å²) >= 11 is 1.86. The van der Waals surface area contributed by atoms with E-state index in [0.29, 0.717) is 0 Å². The zero-order valence-corrected chi connectivity index (χ0v) is 31.6. The summed E-state index contributed by atoms with van der Waals surface area (Å²) in [6.07, 6.45) is 0. The molecule has 0 aliphatic heterocycles. The highest BCUT2D eigenvalue weighted by atomic mass is 32.1. The monoisotopic (exact) mass is 743 g/mol. The quantitative estimate of drug-likeness (QED) is 0.163. The Bertz CT molecular complexity index is 3540. The molecule has 0 saturated carbocycles. The summed E-state index contributed by atoms with van der Waals surface area (Å²) in [4.78, 5) is 2.40. The van der Waals surface area contributed by atoms with Gasteiger partial charge < -0.3 is 9.32 Å². The first-order chi connectivity index (χ1) is 28.2. The molecule has 12 rings (SSSR count). The number of hydrogen-bond acceptors (Lipinski definition) is 3. The molecule has 0 radical (unpaired) electrons. The molecule has 57 heavy (non-hydrogen) atoms. The molecular formula is C54H33NOS. The molecule has 0 unspecified atom stereocenters. The van der Waals surface area contributed by atoms with Crippen LogP contribution in [-0.2, 0) is 0 Å². The normalized spacial score (nSPS) is 11.9. The minimum atomic E-state index is 0.870. The number of hydrogen-bond donors (Lipinski definition) is 0. The Balaban J connectivity index is 1.05. The molecule has 12 aromatic rings. The Kier molecular flexibility index (Phi) is 7.13. The number of furan rings is 1. The van der Waals surface area contributed by atoms with Crippen LogP contribution in [0.1, 0.15) is 0 Å². The average molecular weight is 744 g/mol. The highest BCUT2D eigenvalue weighted by Crippen LogP contribution is 2.46. The van der Waals surface area contributed by atoms with E-state index in [-0.39, 0.29) is 0 Å². The topological polar surface area (TPSA) is 16.4 Å². The molecule has 0 amide bonds. The molecule has 0 aliphatic rings. The van der Waals surface area contributed by atoms with Crippen LogP contribution in [0, 0.1) is 0 Å². The molecule has 10 aromatic carbocycles. The number of fused-ring (bicyclic) bond motifs is 11. The van der Waals surface area contributed by atoms with Crippen LogP contribution < -0.4 is 4.90 Å². The van der Waals surface area contributed by atoms with Crippen LogP contribution in [0.2, 0.25) is 0 Å². The van der Waals surface area contributed by atoms with Crippen molar-refractivity contribution in [1.82, 2.24) is 0 Å². The molecule has 0 atom stereocenters. The van der Waals surface area contributed by atoms with E-state index < -0.39 is 0 Å². The van der Waals surface area contributed by atoms with E-state index >= 15 is 0 Å². The standard InChI is InChI=1S/C54H33NOS/c1-4-16-42-34(11-1)25-30-47-53-49(20-10-21-50(53)56-54(42)47)55(40-14-9-13-36(31-40)37-26-29-46-45-19-7-8-22-51(45)57-52(46)33-37)39-27-23-35(24-28-39)48-32-38-12-2-3-15-41(38)43-17-5-6-18-44(43)48/h1-33H. The molecule has 0 bridgehead atoms. The minimum absolute atomic E-state index is 0.870. The van der Waals surface area contributed by atoms with Crippen LogP contribution in [0.4, 0.5) is 17.1 Å². The molecule has 0 N–H and O–H groups in total. The molecule has 0 spiro atoms. The molecule has 0 aliphatic carbocycles. The number of thiophene rings is 1. The second-order valence-corrected chi connectivity index (χ2v) is 15.9. The number of nitrogens with zero attached hydrogens (tertiary/aromatic N) is 1. The molecule has 2 aromatic heterocycles. The van der Waals surface area contributed by atoms with E-state index in [4.69, 9.17) is 4.42 Å². The van der Waals surface area contributed by atoms with Crippen molar-refractivity contribution in [1.29, 1.82) is 0 Å². The van der Waals surface area contributed by atoms with Gasteiger partial charge in [0.2, 0.25) is 0 Å². The lowest BCUT2D eigenvalue weighted by atomic mass is 9.93. The average Bonchev–Trinajstić information content (AvgIpc) is 3.86. The number of rotatable bonds is 5. The molecule has 266 valence electrons. The van der Waals surface area contributed by atoms with Gasteiger partial charge in [0.1, 0.15) is 11.2 Å². The van der Waals surface area contributed by atoms with Gasteiger partial charge in [-0.2, -0.15) is 0 Å². The maximum absolute atomic E-state index is 6.71. The van der Waals surface area contributed by atoms with Crippen molar-refractivity contribution in [2.45, 2.75) is 0 Å². The van der Waals surface area contributed by atoms with Gasteiger partial charge in [-0.3, -0.25) is 0 Å². The summed E-state index contributed by atoms with van der Waals surface area (Å²) in [6, 6.07) is 72.8. The van der Waals surface area contributed by atoms with Gasteiger partial charge in [-0.15, -0.1) is 11.3 Å². The number of anilines is 3. The smallest absolute Gasteiger partial charge is 0.143 e. The maximum Gasteiger partial charge on any atom is 0.143 e. The SMILES string of the molecule is c1cc(-c2ccc3c(c2)sc2ccccc23)cc(N(c2ccc(-c3cc4ccccc4c4ccccc34)cc2)c2cccc3oc4c5ccccc5ccc4c23)c1. The Morgan fingerprint density at radius 2 is 1.04 bits per heavy atom. The zero-order valence-electron chi connectivity index (χ0n) is 30.8. The molecule has 0 fully saturated rings. The minimum Gasteiger partial charge on any atom is -0.455 e. The van der Waals surface area contributed by atoms with Gasteiger partial charge in [0.05, 0.1) is 11.1 Å². The molecule has 0 saturated heterocycles. The summed E-state index contributed by atoms with van der Waals surface area (Å²) in [5, 5.41) is 12.2. The van der Waals surface area contributed by atoms with E-state index in [1.54, 1.807) is 0 Å². The first-order valence-electron chi connectivity index (χ1n) is 19.4. The lowest BCUT2D eigenvalue weighted by molar-refractivity contribution is 0.672. The van der Waals surface area contributed by atoms with Crippen molar-refractivity contribution < 1.29 is 4.42 Å². The summed E-state index contributed by atoms with van der Waals surface area (Å²) < 4.78 is 9.33. The summed E-state index contributed by atoms with van der Waals surface area (Å²) in [5.74, 6) is 0. The van der Waals surface area contributed by atoms with E-state index in [9.17, 15) is 0 Å². The van der Waals surface area contributed by atoms with Crippen molar-refractivity contribution >= 4 is 103 Å². The van der Waals surface area contributed by atoms with E-state index in [1.165, 1.54) is 69.4 Å². The van der Waals surface area contributed by atoms with Crippen LogP contribution >= 0.6 is 11.3 Å². The van der Waals surface area contributed by atoms with Crippen molar-refractivity contribution in [3.05, 3.63) is 200 Å². The van der Waals surface area contributed by atoms with Crippen LogP contribution in [0.25, 0.3) is 96.7 Å². The van der Waals surface area contributed by atoms with Crippen LogP contribution in [0.15, 0.2) is 205 Å². The first kappa shape index (κ1) is 32.1. The highest BCUT2D eigenvalue weighted by Gasteiger charge is 2.21. The van der Waals surface area contributed by atoms with Gasteiger partial charge in [0.25, 0.3) is 0 Å². The summed E-state index contributed by atoms with van der Waals surface area (Å²) in [5.41, 5.74) is 9.80. The van der Waals surface area contributed by atoms with Crippen molar-refractivity contribution in [2.75, 3.05) is 4.90 Å². The van der Waals surface area contributed by atoms with Gasteiger partial charge in [-0.1, -0.05) is 140 Å². The van der Waals surface area contributed by atoms with Gasteiger partial charge in [-0.25, -0.2) is 0 Å². The lowest BCUT2D eigenvalue weighted by Crippen LogP contribution is -2.10.